The molecule has 36 heavy (non-hydrogen) atoms. The van der Waals surface area contributed by atoms with Gasteiger partial charge >= 0.3 is 6.03 Å². The number of imide groups is 2. The van der Waals surface area contributed by atoms with Crippen LogP contribution in [0.4, 0.5) is 10.5 Å². The molecule has 0 unspecified atom stereocenters. The molecule has 3 aromatic carbocycles. The third kappa shape index (κ3) is 5.78. The third-order valence-electron chi connectivity index (χ3n) is 5.18. The number of hydrogen-bond acceptors (Lipinski definition) is 5. The van der Waals surface area contributed by atoms with Gasteiger partial charge in [0.05, 0.1) is 11.8 Å². The molecule has 4 amide bonds. The van der Waals surface area contributed by atoms with Crippen molar-refractivity contribution in [3.05, 3.63) is 92.9 Å². The molecule has 1 aliphatic rings. The minimum atomic E-state index is -0.834. The van der Waals surface area contributed by atoms with Gasteiger partial charge in [-0.05, 0) is 68.5 Å². The number of amides is 4. The molecule has 184 valence electrons. The zero-order chi connectivity index (χ0) is 25.8. The third-order valence-corrected chi connectivity index (χ3v) is 6.05. The van der Waals surface area contributed by atoms with Gasteiger partial charge in [0, 0.05) is 20.6 Å². The minimum absolute atomic E-state index is 0.115. The molecule has 0 aromatic heterocycles. The quantitative estimate of drug-likeness (QED) is 0.273. The molecule has 1 heterocycles. The van der Waals surface area contributed by atoms with Gasteiger partial charge in [0.15, 0.2) is 0 Å². The molecule has 4 rings (SSSR count). The Morgan fingerprint density at radius 1 is 1.03 bits per heavy atom. The summed E-state index contributed by atoms with van der Waals surface area (Å²) in [5.41, 5.74) is 1.44. The van der Waals surface area contributed by atoms with E-state index in [2.05, 4.69) is 21.2 Å². The van der Waals surface area contributed by atoms with Crippen LogP contribution in [0.15, 0.2) is 76.8 Å². The van der Waals surface area contributed by atoms with Crippen LogP contribution in [-0.2, 0) is 16.2 Å². The van der Waals surface area contributed by atoms with E-state index in [1.54, 1.807) is 48.5 Å². The van der Waals surface area contributed by atoms with Gasteiger partial charge in [-0.25, -0.2) is 9.69 Å². The number of rotatable bonds is 7. The Hall–Kier alpha value is -3.62. The molecule has 3 aromatic rings. The number of carbonyl (C=O) groups is 3. The van der Waals surface area contributed by atoms with E-state index in [9.17, 15) is 14.4 Å². The van der Waals surface area contributed by atoms with Crippen molar-refractivity contribution in [1.29, 1.82) is 0 Å². The highest BCUT2D eigenvalue weighted by Gasteiger charge is 2.37. The maximum Gasteiger partial charge on any atom is 0.335 e. The van der Waals surface area contributed by atoms with Crippen LogP contribution in [0.5, 0.6) is 11.5 Å². The first kappa shape index (κ1) is 25.5. The van der Waals surface area contributed by atoms with E-state index in [0.29, 0.717) is 22.1 Å². The highest BCUT2D eigenvalue weighted by atomic mass is 79.9. The summed E-state index contributed by atoms with van der Waals surface area (Å²) in [7, 11) is 0. The molecule has 7 nitrogen and oxygen atoms in total. The van der Waals surface area contributed by atoms with Crippen LogP contribution in [0.3, 0.4) is 0 Å². The summed E-state index contributed by atoms with van der Waals surface area (Å²) < 4.78 is 12.3. The van der Waals surface area contributed by atoms with E-state index in [4.69, 9.17) is 21.1 Å². The van der Waals surface area contributed by atoms with Crippen molar-refractivity contribution < 1.29 is 23.9 Å². The largest absolute Gasteiger partial charge is 0.490 e. The summed E-state index contributed by atoms with van der Waals surface area (Å²) in [4.78, 5) is 39.4. The number of nitrogens with zero attached hydrogens (tertiary/aromatic N) is 1. The molecule has 0 spiro atoms. The number of carbonyl (C=O) groups excluding carboxylic acids is 3. The van der Waals surface area contributed by atoms with Gasteiger partial charge in [-0.1, -0.05) is 45.7 Å². The lowest BCUT2D eigenvalue weighted by atomic mass is 10.1. The van der Waals surface area contributed by atoms with Gasteiger partial charge in [0.25, 0.3) is 11.8 Å². The van der Waals surface area contributed by atoms with Gasteiger partial charge in [-0.2, -0.15) is 0 Å². The number of hydrogen-bond donors (Lipinski definition) is 1. The second-order valence-electron chi connectivity index (χ2n) is 8.18. The normalized spacial score (nSPS) is 14.9. The molecule has 1 fully saturated rings. The van der Waals surface area contributed by atoms with Gasteiger partial charge in [0.1, 0.15) is 23.7 Å². The lowest BCUT2D eigenvalue weighted by Gasteiger charge is -2.26. The number of barbiturate groups is 1. The number of ether oxygens (including phenoxy) is 2. The molecule has 9 heteroatoms. The maximum atomic E-state index is 13.3. The Bertz CT molecular complexity index is 1350. The van der Waals surface area contributed by atoms with Crippen LogP contribution >= 0.6 is 27.5 Å². The number of halogens is 2. The van der Waals surface area contributed by atoms with E-state index >= 15 is 0 Å². The van der Waals surface area contributed by atoms with Crippen molar-refractivity contribution in [3.8, 4) is 11.5 Å². The van der Waals surface area contributed by atoms with Gasteiger partial charge < -0.3 is 9.47 Å². The van der Waals surface area contributed by atoms with Gasteiger partial charge in [-0.15, -0.1) is 0 Å². The fourth-order valence-corrected chi connectivity index (χ4v) is 4.08. The fraction of sp³-hybridized carbons (Fsp3) is 0.148. The van der Waals surface area contributed by atoms with Crippen LogP contribution < -0.4 is 19.7 Å². The topological polar surface area (TPSA) is 84.9 Å². The Kier molecular flexibility index (Phi) is 7.76. The molecule has 1 aliphatic heterocycles. The second kappa shape index (κ2) is 11.0. The molecule has 0 radical (unpaired) electrons. The van der Waals surface area contributed by atoms with Crippen molar-refractivity contribution in [1.82, 2.24) is 5.32 Å². The molecule has 1 saturated heterocycles. The SMILES string of the molecule is CC(C)Oc1ccc(Br)cc1/C=C1\C(=O)NC(=O)N(c2ccc(OCc3ccccc3Cl)cc2)C1=O. The van der Waals surface area contributed by atoms with Crippen LogP contribution in [0, 0.1) is 0 Å². The summed E-state index contributed by atoms with van der Waals surface area (Å²) in [6.45, 7) is 4.01. The molecular formula is C27H22BrClN2O5. The van der Waals surface area contributed by atoms with Crippen LogP contribution in [-0.4, -0.2) is 23.9 Å². The van der Waals surface area contributed by atoms with Gasteiger partial charge in [0.2, 0.25) is 0 Å². The average Bonchev–Trinajstić information content (AvgIpc) is 2.83. The van der Waals surface area contributed by atoms with Crippen LogP contribution in [0.2, 0.25) is 5.02 Å². The van der Waals surface area contributed by atoms with Crippen molar-refractivity contribution in [3.63, 3.8) is 0 Å². The number of nitrogens with one attached hydrogen (secondary N) is 1. The van der Waals surface area contributed by atoms with Crippen LogP contribution in [0.25, 0.3) is 6.08 Å². The fourth-order valence-electron chi connectivity index (χ4n) is 3.51. The standard InChI is InChI=1S/C27H22BrClN2O5/c1-16(2)36-24-12-7-19(28)13-18(24)14-22-25(32)30-27(34)31(26(22)33)20-8-10-21(11-9-20)35-15-17-5-3-4-6-23(17)29/h3-14,16H,15H2,1-2H3,(H,30,32,34)/b22-14+. The van der Waals surface area contributed by atoms with Crippen molar-refractivity contribution in [2.24, 2.45) is 0 Å². The molecule has 0 aliphatic carbocycles. The van der Waals surface area contributed by atoms with Gasteiger partial charge in [-0.3, -0.25) is 14.9 Å². The summed E-state index contributed by atoms with van der Waals surface area (Å²) >= 11 is 9.56. The number of urea groups is 1. The monoisotopic (exact) mass is 568 g/mol. The molecular weight excluding hydrogens is 548 g/mol. The summed E-state index contributed by atoms with van der Waals surface area (Å²) in [6, 6.07) is 18.2. The number of anilines is 1. The zero-order valence-electron chi connectivity index (χ0n) is 19.5. The maximum absolute atomic E-state index is 13.3. The van der Waals surface area contributed by atoms with Crippen molar-refractivity contribution >= 4 is 57.1 Å². The molecule has 0 saturated carbocycles. The first-order chi connectivity index (χ1) is 17.2. The second-order valence-corrected chi connectivity index (χ2v) is 9.50. The average molecular weight is 570 g/mol. The zero-order valence-corrected chi connectivity index (χ0v) is 21.8. The Labute approximate surface area is 221 Å². The summed E-state index contributed by atoms with van der Waals surface area (Å²) in [5.74, 6) is -0.495. The predicted molar refractivity (Wildman–Crippen MR) is 141 cm³/mol. The smallest absolute Gasteiger partial charge is 0.335 e. The predicted octanol–water partition coefficient (Wildman–Crippen LogP) is 6.14. The van der Waals surface area contributed by atoms with E-state index in [0.717, 1.165) is 14.9 Å². The van der Waals surface area contributed by atoms with E-state index in [-0.39, 0.29) is 24.0 Å². The Morgan fingerprint density at radius 3 is 2.44 bits per heavy atom. The molecule has 0 atom stereocenters. The van der Waals surface area contributed by atoms with Crippen LogP contribution in [0.1, 0.15) is 25.0 Å². The summed E-state index contributed by atoms with van der Waals surface area (Å²) in [5, 5.41) is 2.83. The van der Waals surface area contributed by atoms with Crippen molar-refractivity contribution in [2.75, 3.05) is 4.90 Å². The van der Waals surface area contributed by atoms with E-state index in [1.807, 2.05) is 32.0 Å². The molecule has 0 bridgehead atoms. The Balaban J connectivity index is 1.58. The first-order valence-corrected chi connectivity index (χ1v) is 12.2. The lowest BCUT2D eigenvalue weighted by molar-refractivity contribution is -0.122. The van der Waals surface area contributed by atoms with E-state index < -0.39 is 17.8 Å². The van der Waals surface area contributed by atoms with Crippen molar-refractivity contribution in [2.45, 2.75) is 26.6 Å². The minimum Gasteiger partial charge on any atom is -0.490 e. The Morgan fingerprint density at radius 2 is 1.75 bits per heavy atom. The number of benzene rings is 3. The summed E-state index contributed by atoms with van der Waals surface area (Å²) in [6.07, 6.45) is 1.30. The highest BCUT2D eigenvalue weighted by molar-refractivity contribution is 9.10. The lowest BCUT2D eigenvalue weighted by Crippen LogP contribution is -2.54. The molecule has 1 N–H and O–H groups in total. The first-order valence-electron chi connectivity index (χ1n) is 11.1. The van der Waals surface area contributed by atoms with E-state index in [1.165, 1.54) is 6.08 Å². The highest BCUT2D eigenvalue weighted by Crippen LogP contribution is 2.29.